The summed E-state index contributed by atoms with van der Waals surface area (Å²) >= 11 is 0. The van der Waals surface area contributed by atoms with Gasteiger partial charge in [0, 0.05) is 7.05 Å². The third-order valence-corrected chi connectivity index (χ3v) is 2.51. The lowest BCUT2D eigenvalue weighted by atomic mass is 10.4. The Morgan fingerprint density at radius 1 is 1.36 bits per heavy atom. The van der Waals surface area contributed by atoms with Gasteiger partial charge in [-0.2, -0.15) is 0 Å². The predicted molar refractivity (Wildman–Crippen MR) is 77.6 cm³/mol. The molecule has 0 unspecified atom stereocenters. The molecule has 1 rings (SSSR count). The van der Waals surface area contributed by atoms with Crippen molar-refractivity contribution >= 4 is 17.8 Å². The molecule has 9 heteroatoms. The summed E-state index contributed by atoms with van der Waals surface area (Å²) in [6, 6.07) is 0. The van der Waals surface area contributed by atoms with Crippen molar-refractivity contribution in [2.24, 2.45) is 10.3 Å². The van der Waals surface area contributed by atoms with Gasteiger partial charge in [0.05, 0.1) is 19.5 Å². The van der Waals surface area contributed by atoms with Crippen molar-refractivity contribution in [3.8, 4) is 0 Å². The summed E-state index contributed by atoms with van der Waals surface area (Å²) in [5.74, 6) is -0.845. The van der Waals surface area contributed by atoms with Crippen LogP contribution in [0.4, 0.5) is 5.82 Å². The number of H-pyrrole nitrogens is 1. The Morgan fingerprint density at radius 3 is 2.82 bits per heavy atom. The van der Waals surface area contributed by atoms with Crippen LogP contribution in [-0.2, 0) is 14.3 Å². The van der Waals surface area contributed by atoms with E-state index in [2.05, 4.69) is 20.3 Å². The van der Waals surface area contributed by atoms with Gasteiger partial charge in [-0.1, -0.05) is 18.6 Å². The summed E-state index contributed by atoms with van der Waals surface area (Å²) in [5, 5.41) is 8.93. The number of nitrogens with one attached hydrogen (secondary N) is 1. The second kappa shape index (κ2) is 9.48. The predicted octanol–water partition coefficient (Wildman–Crippen LogP) is 1.86. The number of rotatable bonds is 9. The quantitative estimate of drug-likeness (QED) is 0.322. The number of likely N-dealkylation sites (N-methyl/N-ethyl adjacent to an activating group) is 1. The third-order valence-electron chi connectivity index (χ3n) is 2.51. The molecule has 0 aliphatic rings. The van der Waals surface area contributed by atoms with Crippen LogP contribution >= 0.6 is 0 Å². The molecule has 0 spiro atoms. The van der Waals surface area contributed by atoms with E-state index in [4.69, 9.17) is 9.47 Å². The molecule has 0 bridgehead atoms. The monoisotopic (exact) mass is 311 g/mol. The fraction of sp³-hybridized carbons (Fsp3) is 0.615. The summed E-state index contributed by atoms with van der Waals surface area (Å²) in [4.78, 5) is 29.6. The third kappa shape index (κ3) is 5.90. The molecule has 0 amide bonds. The number of aromatic amines is 1. The Morgan fingerprint density at radius 2 is 2.14 bits per heavy atom. The van der Waals surface area contributed by atoms with Crippen LogP contribution in [0.3, 0.4) is 0 Å². The first-order valence-corrected chi connectivity index (χ1v) is 7.07. The molecule has 1 heterocycles. The molecule has 122 valence electrons. The number of hydrogen-bond acceptors (Lipinski definition) is 7. The summed E-state index contributed by atoms with van der Waals surface area (Å²) in [5.41, 5.74) is 0.115. The Labute approximate surface area is 128 Å². The molecule has 9 nitrogen and oxygen atoms in total. The minimum Gasteiger partial charge on any atom is -0.464 e. The number of ether oxygens (including phenoxy) is 2. The largest absolute Gasteiger partial charge is 0.464 e. The van der Waals surface area contributed by atoms with Crippen LogP contribution in [0.15, 0.2) is 16.7 Å². The van der Waals surface area contributed by atoms with E-state index in [1.54, 1.807) is 14.0 Å². The van der Waals surface area contributed by atoms with Crippen LogP contribution < -0.4 is 0 Å². The minimum absolute atomic E-state index is 0.0353. The lowest BCUT2D eigenvalue weighted by Gasteiger charge is -2.10. The molecule has 0 aromatic carbocycles. The maximum atomic E-state index is 11.6. The standard InChI is InChI=1S/C13H21N5O4/c1-4-6-7-22-10(19)8-18(3)17-16-12-11(14-9-15-12)13(20)21-5-2/h9H,4-8H2,1-3H3,(H,14,15)/b17-16+. The highest BCUT2D eigenvalue weighted by Gasteiger charge is 2.15. The zero-order valence-electron chi connectivity index (χ0n) is 13.0. The average Bonchev–Trinajstić information content (AvgIpc) is 2.94. The summed E-state index contributed by atoms with van der Waals surface area (Å²) in [6.07, 6.45) is 3.10. The molecule has 0 fully saturated rings. The minimum atomic E-state index is -0.560. The first-order chi connectivity index (χ1) is 10.6. The van der Waals surface area contributed by atoms with Crippen molar-refractivity contribution in [2.75, 3.05) is 26.8 Å². The molecule has 1 N–H and O–H groups in total. The summed E-state index contributed by atoms with van der Waals surface area (Å²) < 4.78 is 9.86. The normalized spacial score (nSPS) is 10.7. The second-order valence-electron chi connectivity index (χ2n) is 4.40. The van der Waals surface area contributed by atoms with Gasteiger partial charge < -0.3 is 14.5 Å². The van der Waals surface area contributed by atoms with Gasteiger partial charge in [0.25, 0.3) is 0 Å². The molecule has 0 radical (unpaired) electrons. The fourth-order valence-electron chi connectivity index (χ4n) is 1.43. The zero-order valence-corrected chi connectivity index (χ0v) is 13.0. The van der Waals surface area contributed by atoms with Crippen molar-refractivity contribution in [3.63, 3.8) is 0 Å². The second-order valence-corrected chi connectivity index (χ2v) is 4.40. The molecule has 0 aliphatic carbocycles. The Hall–Kier alpha value is -2.45. The average molecular weight is 311 g/mol. The number of aromatic nitrogens is 2. The van der Waals surface area contributed by atoms with Crippen LogP contribution in [0.5, 0.6) is 0 Å². The highest BCUT2D eigenvalue weighted by Crippen LogP contribution is 2.15. The van der Waals surface area contributed by atoms with Crippen LogP contribution in [0.25, 0.3) is 0 Å². The molecule has 22 heavy (non-hydrogen) atoms. The number of unbranched alkanes of at least 4 members (excludes halogenated alkanes) is 1. The van der Waals surface area contributed by atoms with Gasteiger partial charge in [-0.25, -0.2) is 9.78 Å². The van der Waals surface area contributed by atoms with Gasteiger partial charge in [-0.3, -0.25) is 9.80 Å². The highest BCUT2D eigenvalue weighted by molar-refractivity contribution is 5.91. The molecule has 0 saturated heterocycles. The number of carbonyl (C=O) groups excluding carboxylic acids is 2. The number of hydrogen-bond donors (Lipinski definition) is 1. The zero-order chi connectivity index (χ0) is 16.4. The maximum Gasteiger partial charge on any atom is 0.358 e. The molecule has 1 aromatic heterocycles. The van der Waals surface area contributed by atoms with Crippen molar-refractivity contribution in [2.45, 2.75) is 26.7 Å². The Bertz CT molecular complexity index is 514. The topological polar surface area (TPSA) is 109 Å². The van der Waals surface area contributed by atoms with Crippen molar-refractivity contribution < 1.29 is 19.1 Å². The first kappa shape index (κ1) is 17.6. The lowest BCUT2D eigenvalue weighted by Crippen LogP contribution is -2.23. The van der Waals surface area contributed by atoms with E-state index in [1.165, 1.54) is 11.3 Å². The van der Waals surface area contributed by atoms with E-state index in [9.17, 15) is 9.59 Å². The fourth-order valence-corrected chi connectivity index (χ4v) is 1.43. The van der Waals surface area contributed by atoms with E-state index in [0.29, 0.717) is 6.61 Å². The van der Waals surface area contributed by atoms with Gasteiger partial charge in [0.15, 0.2) is 5.69 Å². The Balaban J connectivity index is 2.52. The number of esters is 2. The van der Waals surface area contributed by atoms with Gasteiger partial charge in [0.1, 0.15) is 6.54 Å². The van der Waals surface area contributed by atoms with Crippen LogP contribution in [0, 0.1) is 0 Å². The van der Waals surface area contributed by atoms with E-state index in [1.807, 2.05) is 6.92 Å². The molecular weight excluding hydrogens is 290 g/mol. The van der Waals surface area contributed by atoms with E-state index >= 15 is 0 Å². The van der Waals surface area contributed by atoms with Crippen molar-refractivity contribution in [1.29, 1.82) is 0 Å². The maximum absolute atomic E-state index is 11.6. The van der Waals surface area contributed by atoms with Crippen LogP contribution in [0.1, 0.15) is 37.2 Å². The van der Waals surface area contributed by atoms with Gasteiger partial charge in [-0.15, -0.1) is 5.11 Å². The van der Waals surface area contributed by atoms with Gasteiger partial charge in [-0.05, 0) is 13.3 Å². The van der Waals surface area contributed by atoms with Gasteiger partial charge >= 0.3 is 11.9 Å². The molecule has 1 aromatic rings. The molecular formula is C13H21N5O4. The molecule has 0 atom stereocenters. The van der Waals surface area contributed by atoms with E-state index in [0.717, 1.165) is 12.8 Å². The van der Waals surface area contributed by atoms with E-state index < -0.39 is 5.97 Å². The first-order valence-electron chi connectivity index (χ1n) is 7.07. The van der Waals surface area contributed by atoms with E-state index in [-0.39, 0.29) is 30.6 Å². The number of imidazole rings is 1. The smallest absolute Gasteiger partial charge is 0.358 e. The lowest BCUT2D eigenvalue weighted by molar-refractivity contribution is -0.144. The summed E-state index contributed by atoms with van der Waals surface area (Å²) in [7, 11) is 1.57. The van der Waals surface area contributed by atoms with Crippen LogP contribution in [-0.4, -0.2) is 53.7 Å². The van der Waals surface area contributed by atoms with Crippen LogP contribution in [0.2, 0.25) is 0 Å². The van der Waals surface area contributed by atoms with Gasteiger partial charge in [0.2, 0.25) is 5.82 Å². The Kier molecular flexibility index (Phi) is 7.58. The molecule has 0 saturated carbocycles. The number of carbonyl (C=O) groups is 2. The van der Waals surface area contributed by atoms with Crippen molar-refractivity contribution in [3.05, 3.63) is 12.0 Å². The number of nitrogens with zero attached hydrogens (tertiary/aromatic N) is 4. The summed E-state index contributed by atoms with van der Waals surface area (Å²) in [6.45, 7) is 4.32. The highest BCUT2D eigenvalue weighted by atomic mass is 16.5. The molecule has 0 aliphatic heterocycles. The van der Waals surface area contributed by atoms with Crippen molar-refractivity contribution in [1.82, 2.24) is 15.0 Å². The SMILES string of the molecule is CCCCOC(=O)CN(C)/N=N/c1nc[nH]c1C(=O)OCC.